The molecular formula is C20H24FN3O4. The number of nitrogens with zero attached hydrogens (tertiary/aromatic N) is 1. The number of halogens is 1. The maximum absolute atomic E-state index is 14.0. The summed E-state index contributed by atoms with van der Waals surface area (Å²) in [4.78, 5) is 40.7. The van der Waals surface area contributed by atoms with Gasteiger partial charge in [-0.1, -0.05) is 13.8 Å². The number of anilines is 1. The van der Waals surface area contributed by atoms with Crippen LogP contribution >= 0.6 is 0 Å². The van der Waals surface area contributed by atoms with Crippen molar-refractivity contribution in [1.29, 1.82) is 0 Å². The fraction of sp³-hybridized carbons (Fsp3) is 0.550. The standard InChI is InChI=1S/C20H24FN3O4/c1-10(2)8-14-15-16(18(26)24(17(15)25)6-7-28-3)20(23-14)12-9-11(21)4-5-13(12)22-19(20)27/h4-5,9-10,14-16,23H,6-8H2,1-3H3,(H,22,27)/t14?,15-,16+,20?/m1/s1. The quantitative estimate of drug-likeness (QED) is 0.740. The maximum Gasteiger partial charge on any atom is 0.250 e. The summed E-state index contributed by atoms with van der Waals surface area (Å²) in [6.45, 7) is 4.41. The molecule has 3 aliphatic rings. The third-order valence-corrected chi connectivity index (χ3v) is 6.01. The van der Waals surface area contributed by atoms with Crippen LogP contribution in [-0.2, 0) is 24.7 Å². The van der Waals surface area contributed by atoms with Crippen LogP contribution in [0.3, 0.4) is 0 Å². The number of rotatable bonds is 5. The first-order valence-corrected chi connectivity index (χ1v) is 9.54. The first-order chi connectivity index (χ1) is 13.3. The topological polar surface area (TPSA) is 87.7 Å². The van der Waals surface area contributed by atoms with E-state index in [2.05, 4.69) is 10.6 Å². The largest absolute Gasteiger partial charge is 0.383 e. The van der Waals surface area contributed by atoms with E-state index in [1.165, 1.54) is 30.2 Å². The Balaban J connectivity index is 1.84. The van der Waals surface area contributed by atoms with E-state index in [9.17, 15) is 18.8 Å². The van der Waals surface area contributed by atoms with Crippen LogP contribution in [0.25, 0.3) is 0 Å². The lowest BCUT2D eigenvalue weighted by atomic mass is 9.76. The summed E-state index contributed by atoms with van der Waals surface area (Å²) in [6, 6.07) is 3.69. The van der Waals surface area contributed by atoms with Gasteiger partial charge >= 0.3 is 0 Å². The second-order valence-corrected chi connectivity index (χ2v) is 8.16. The predicted molar refractivity (Wildman–Crippen MR) is 98.7 cm³/mol. The van der Waals surface area contributed by atoms with E-state index >= 15 is 0 Å². The number of nitrogens with one attached hydrogen (secondary N) is 2. The lowest BCUT2D eigenvalue weighted by Gasteiger charge is -2.29. The monoisotopic (exact) mass is 389 g/mol. The van der Waals surface area contributed by atoms with Crippen LogP contribution in [0.4, 0.5) is 10.1 Å². The molecule has 4 atom stereocenters. The highest BCUT2D eigenvalue weighted by Crippen LogP contribution is 2.53. The van der Waals surface area contributed by atoms with Crippen molar-refractivity contribution in [3.05, 3.63) is 29.6 Å². The molecule has 2 fully saturated rings. The third-order valence-electron chi connectivity index (χ3n) is 6.01. The normalized spacial score (nSPS) is 31.1. The van der Waals surface area contributed by atoms with E-state index in [1.807, 2.05) is 13.8 Å². The Morgan fingerprint density at radius 1 is 1.25 bits per heavy atom. The average Bonchev–Trinajstić information content (AvgIpc) is 3.19. The molecule has 1 spiro atoms. The molecule has 3 amide bonds. The average molecular weight is 389 g/mol. The molecule has 0 aromatic heterocycles. The number of fused-ring (bicyclic) bond motifs is 4. The molecular weight excluding hydrogens is 365 g/mol. The van der Waals surface area contributed by atoms with Crippen molar-refractivity contribution in [2.24, 2.45) is 17.8 Å². The summed E-state index contributed by atoms with van der Waals surface area (Å²) in [6.07, 6.45) is 0.623. The zero-order valence-electron chi connectivity index (χ0n) is 16.1. The minimum Gasteiger partial charge on any atom is -0.383 e. The third kappa shape index (κ3) is 2.51. The molecule has 0 bridgehead atoms. The number of ether oxygens (including phenoxy) is 1. The van der Waals surface area contributed by atoms with Gasteiger partial charge in [-0.05, 0) is 30.5 Å². The van der Waals surface area contributed by atoms with E-state index in [1.54, 1.807) is 0 Å². The molecule has 0 saturated carbocycles. The van der Waals surface area contributed by atoms with E-state index in [4.69, 9.17) is 4.74 Å². The van der Waals surface area contributed by atoms with Gasteiger partial charge in [0.25, 0.3) is 0 Å². The Bertz CT molecular complexity index is 858. The van der Waals surface area contributed by atoms with Crippen LogP contribution < -0.4 is 10.6 Å². The Hall–Kier alpha value is -2.32. The Labute approximate surface area is 162 Å². The van der Waals surface area contributed by atoms with Gasteiger partial charge < -0.3 is 10.1 Å². The molecule has 3 heterocycles. The molecule has 2 saturated heterocycles. The molecule has 4 rings (SSSR count). The number of imide groups is 1. The maximum atomic E-state index is 14.0. The second-order valence-electron chi connectivity index (χ2n) is 8.16. The van der Waals surface area contributed by atoms with Gasteiger partial charge in [0.1, 0.15) is 11.4 Å². The van der Waals surface area contributed by atoms with Crippen LogP contribution in [0, 0.1) is 23.6 Å². The van der Waals surface area contributed by atoms with E-state index in [0.717, 1.165) is 0 Å². The van der Waals surface area contributed by atoms with Crippen LogP contribution in [-0.4, -0.2) is 48.9 Å². The lowest BCUT2D eigenvalue weighted by Crippen LogP contribution is -2.53. The molecule has 0 aliphatic carbocycles. The highest BCUT2D eigenvalue weighted by molar-refractivity contribution is 6.15. The number of carbonyl (C=O) groups is 3. The summed E-state index contributed by atoms with van der Waals surface area (Å²) in [7, 11) is 1.50. The van der Waals surface area contributed by atoms with Crippen molar-refractivity contribution < 1.29 is 23.5 Å². The SMILES string of the molecule is COCCN1C(=O)[C@@H]2C(CC(C)C)NC3(C(=O)Nc4ccc(F)cc43)[C@@H]2C1=O. The first-order valence-electron chi connectivity index (χ1n) is 9.54. The molecule has 2 unspecified atom stereocenters. The molecule has 7 nitrogen and oxygen atoms in total. The van der Waals surface area contributed by atoms with Crippen molar-refractivity contribution in [3.63, 3.8) is 0 Å². The number of benzene rings is 1. The van der Waals surface area contributed by atoms with Gasteiger partial charge in [-0.25, -0.2) is 4.39 Å². The van der Waals surface area contributed by atoms with Crippen molar-refractivity contribution in [2.45, 2.75) is 31.8 Å². The van der Waals surface area contributed by atoms with Crippen LogP contribution in [0.1, 0.15) is 25.8 Å². The van der Waals surface area contributed by atoms with Gasteiger partial charge in [-0.2, -0.15) is 0 Å². The Morgan fingerprint density at radius 3 is 2.68 bits per heavy atom. The zero-order valence-corrected chi connectivity index (χ0v) is 16.1. The Morgan fingerprint density at radius 2 is 2.00 bits per heavy atom. The molecule has 3 aliphatic heterocycles. The number of amides is 3. The van der Waals surface area contributed by atoms with Crippen molar-refractivity contribution >= 4 is 23.4 Å². The minimum absolute atomic E-state index is 0.142. The van der Waals surface area contributed by atoms with E-state index in [-0.39, 0.29) is 31.0 Å². The van der Waals surface area contributed by atoms with Gasteiger partial charge in [0.2, 0.25) is 17.7 Å². The van der Waals surface area contributed by atoms with Crippen molar-refractivity contribution in [1.82, 2.24) is 10.2 Å². The van der Waals surface area contributed by atoms with Crippen LogP contribution in [0.5, 0.6) is 0 Å². The van der Waals surface area contributed by atoms with E-state index in [0.29, 0.717) is 17.7 Å². The number of carbonyl (C=O) groups excluding carboxylic acids is 3. The smallest absolute Gasteiger partial charge is 0.250 e. The number of methoxy groups -OCH3 is 1. The predicted octanol–water partition coefficient (Wildman–Crippen LogP) is 1.24. The van der Waals surface area contributed by atoms with Crippen LogP contribution in [0.2, 0.25) is 0 Å². The zero-order chi connectivity index (χ0) is 20.2. The van der Waals surface area contributed by atoms with Gasteiger partial charge in [-0.15, -0.1) is 0 Å². The van der Waals surface area contributed by atoms with E-state index < -0.39 is 35.0 Å². The first kappa shape index (κ1) is 19.0. The summed E-state index contributed by atoms with van der Waals surface area (Å²) in [5.41, 5.74) is -0.567. The van der Waals surface area contributed by atoms with Gasteiger partial charge in [0, 0.05) is 24.4 Å². The lowest BCUT2D eigenvalue weighted by molar-refractivity contribution is -0.143. The fourth-order valence-corrected chi connectivity index (χ4v) is 4.95. The molecule has 1 aromatic carbocycles. The van der Waals surface area contributed by atoms with Gasteiger partial charge in [0.15, 0.2) is 0 Å². The van der Waals surface area contributed by atoms with Gasteiger partial charge in [-0.3, -0.25) is 24.6 Å². The second kappa shape index (κ2) is 6.63. The van der Waals surface area contributed by atoms with Crippen LogP contribution in [0.15, 0.2) is 18.2 Å². The molecule has 8 heteroatoms. The summed E-state index contributed by atoms with van der Waals surface area (Å²) < 4.78 is 19.1. The Kier molecular flexibility index (Phi) is 4.50. The van der Waals surface area contributed by atoms with Crippen molar-refractivity contribution in [2.75, 3.05) is 25.6 Å². The molecule has 1 aromatic rings. The highest BCUT2D eigenvalue weighted by Gasteiger charge is 2.70. The molecule has 2 N–H and O–H groups in total. The molecule has 150 valence electrons. The summed E-state index contributed by atoms with van der Waals surface area (Å²) in [5.74, 6) is -2.91. The summed E-state index contributed by atoms with van der Waals surface area (Å²) in [5, 5.41) is 6.05. The number of likely N-dealkylation sites (tertiary alicyclic amines) is 1. The fourth-order valence-electron chi connectivity index (χ4n) is 4.95. The minimum atomic E-state index is -1.43. The summed E-state index contributed by atoms with van der Waals surface area (Å²) >= 11 is 0. The number of hydrogen-bond donors (Lipinski definition) is 2. The molecule has 28 heavy (non-hydrogen) atoms. The highest BCUT2D eigenvalue weighted by atomic mass is 19.1. The number of hydrogen-bond acceptors (Lipinski definition) is 5. The van der Waals surface area contributed by atoms with Crippen molar-refractivity contribution in [3.8, 4) is 0 Å². The molecule has 0 radical (unpaired) electrons. The van der Waals surface area contributed by atoms with Gasteiger partial charge in [0.05, 0.1) is 25.0 Å².